The van der Waals surface area contributed by atoms with Crippen LogP contribution in [0.2, 0.25) is 5.02 Å². The van der Waals surface area contributed by atoms with Crippen molar-refractivity contribution in [2.24, 2.45) is 5.16 Å². The van der Waals surface area contributed by atoms with E-state index in [0.29, 0.717) is 23.9 Å². The Morgan fingerprint density at radius 1 is 1.05 bits per heavy atom. The van der Waals surface area contributed by atoms with Gasteiger partial charge >= 0.3 is 0 Å². The molecule has 3 rings (SSSR count). The van der Waals surface area contributed by atoms with Gasteiger partial charge in [-0.25, -0.2) is 0 Å². The SMILES string of the molecule is ON=C(c1ccc(Cl)cc1)c1cccc(C2OCCO2)c1. The van der Waals surface area contributed by atoms with E-state index in [0.717, 1.165) is 16.7 Å². The lowest BCUT2D eigenvalue weighted by Gasteiger charge is -2.11. The third-order valence-electron chi connectivity index (χ3n) is 3.27. The quantitative estimate of drug-likeness (QED) is 0.535. The standard InChI is InChI=1S/C16H14ClNO3/c17-14-6-4-11(5-7-14)15(18-19)12-2-1-3-13(10-12)16-20-8-9-21-16/h1-7,10,16,19H,8-9H2. The normalized spacial score (nSPS) is 16.3. The van der Waals surface area contributed by atoms with Gasteiger partial charge in [0.15, 0.2) is 6.29 Å². The zero-order chi connectivity index (χ0) is 14.7. The summed E-state index contributed by atoms with van der Waals surface area (Å²) in [7, 11) is 0. The molecular formula is C16H14ClNO3. The average molecular weight is 304 g/mol. The number of nitrogens with zero attached hydrogens (tertiary/aromatic N) is 1. The van der Waals surface area contributed by atoms with E-state index in [4.69, 9.17) is 21.1 Å². The first-order chi connectivity index (χ1) is 10.3. The molecule has 1 N–H and O–H groups in total. The number of hydrogen-bond donors (Lipinski definition) is 1. The topological polar surface area (TPSA) is 51.1 Å². The number of oxime groups is 1. The number of ether oxygens (including phenoxy) is 2. The van der Waals surface area contributed by atoms with Crippen molar-refractivity contribution < 1.29 is 14.7 Å². The summed E-state index contributed by atoms with van der Waals surface area (Å²) in [4.78, 5) is 0. The van der Waals surface area contributed by atoms with Crippen molar-refractivity contribution in [3.63, 3.8) is 0 Å². The van der Waals surface area contributed by atoms with Crippen LogP contribution in [0.25, 0.3) is 0 Å². The second kappa shape index (κ2) is 6.26. The average Bonchev–Trinajstić information content (AvgIpc) is 3.05. The van der Waals surface area contributed by atoms with Gasteiger partial charge in [0.25, 0.3) is 0 Å². The van der Waals surface area contributed by atoms with Gasteiger partial charge in [-0.3, -0.25) is 0 Å². The molecule has 1 aliphatic heterocycles. The van der Waals surface area contributed by atoms with E-state index in [1.54, 1.807) is 12.1 Å². The maximum absolute atomic E-state index is 9.35. The Morgan fingerprint density at radius 3 is 2.43 bits per heavy atom. The maximum atomic E-state index is 9.35. The molecule has 4 nitrogen and oxygen atoms in total. The second-order valence-electron chi connectivity index (χ2n) is 4.65. The molecule has 21 heavy (non-hydrogen) atoms. The smallest absolute Gasteiger partial charge is 0.184 e. The highest BCUT2D eigenvalue weighted by Gasteiger charge is 2.19. The fourth-order valence-electron chi connectivity index (χ4n) is 2.27. The molecule has 1 saturated heterocycles. The summed E-state index contributed by atoms with van der Waals surface area (Å²) < 4.78 is 11.0. The summed E-state index contributed by atoms with van der Waals surface area (Å²) >= 11 is 5.88. The van der Waals surface area contributed by atoms with Crippen LogP contribution in [0.15, 0.2) is 53.7 Å². The van der Waals surface area contributed by atoms with Gasteiger partial charge in [0.2, 0.25) is 0 Å². The first-order valence-corrected chi connectivity index (χ1v) is 6.97. The fraction of sp³-hybridized carbons (Fsp3) is 0.188. The van der Waals surface area contributed by atoms with E-state index in [-0.39, 0.29) is 6.29 Å². The summed E-state index contributed by atoms with van der Waals surface area (Å²) in [5.41, 5.74) is 2.95. The van der Waals surface area contributed by atoms with E-state index in [9.17, 15) is 5.21 Å². The highest BCUT2D eigenvalue weighted by atomic mass is 35.5. The summed E-state index contributed by atoms with van der Waals surface area (Å²) in [6.07, 6.45) is -0.352. The van der Waals surface area contributed by atoms with Crippen molar-refractivity contribution in [1.29, 1.82) is 0 Å². The molecule has 1 aliphatic rings. The van der Waals surface area contributed by atoms with Crippen molar-refractivity contribution >= 4 is 17.3 Å². The molecular weight excluding hydrogens is 290 g/mol. The summed E-state index contributed by atoms with van der Waals surface area (Å²) in [5.74, 6) is 0. The van der Waals surface area contributed by atoms with Crippen molar-refractivity contribution in [2.75, 3.05) is 13.2 Å². The molecule has 0 radical (unpaired) electrons. The van der Waals surface area contributed by atoms with Crippen LogP contribution in [0, 0.1) is 0 Å². The summed E-state index contributed by atoms with van der Waals surface area (Å²) in [6.45, 7) is 1.18. The van der Waals surface area contributed by atoms with Crippen LogP contribution in [0.1, 0.15) is 23.0 Å². The Labute approximate surface area is 127 Å². The zero-order valence-corrected chi connectivity index (χ0v) is 12.0. The van der Waals surface area contributed by atoms with E-state index >= 15 is 0 Å². The molecule has 0 aromatic heterocycles. The molecule has 0 spiro atoms. The molecule has 2 aromatic carbocycles. The highest BCUT2D eigenvalue weighted by Crippen LogP contribution is 2.25. The van der Waals surface area contributed by atoms with Gasteiger partial charge in [-0.1, -0.05) is 47.1 Å². The van der Waals surface area contributed by atoms with Gasteiger partial charge in [-0.2, -0.15) is 0 Å². The summed E-state index contributed by atoms with van der Waals surface area (Å²) in [6, 6.07) is 14.7. The minimum atomic E-state index is -0.352. The lowest BCUT2D eigenvalue weighted by atomic mass is 10.0. The van der Waals surface area contributed by atoms with Crippen LogP contribution in [-0.2, 0) is 9.47 Å². The molecule has 1 fully saturated rings. The predicted octanol–water partition coefficient (Wildman–Crippen LogP) is 3.61. The van der Waals surface area contributed by atoms with Crippen LogP contribution in [-0.4, -0.2) is 24.1 Å². The molecule has 0 aliphatic carbocycles. The first-order valence-electron chi connectivity index (χ1n) is 6.59. The highest BCUT2D eigenvalue weighted by molar-refractivity contribution is 6.30. The fourth-order valence-corrected chi connectivity index (χ4v) is 2.40. The third kappa shape index (κ3) is 3.08. The second-order valence-corrected chi connectivity index (χ2v) is 5.09. The third-order valence-corrected chi connectivity index (χ3v) is 3.52. The Balaban J connectivity index is 1.94. The van der Waals surface area contributed by atoms with Gasteiger partial charge in [-0.15, -0.1) is 0 Å². The molecule has 1 heterocycles. The summed E-state index contributed by atoms with van der Waals surface area (Å²) in [5, 5.41) is 13.4. The van der Waals surface area contributed by atoms with Gasteiger partial charge < -0.3 is 14.7 Å². The molecule has 2 aromatic rings. The first kappa shape index (κ1) is 14.1. The monoisotopic (exact) mass is 303 g/mol. The molecule has 0 saturated carbocycles. The van der Waals surface area contributed by atoms with Crippen LogP contribution in [0.5, 0.6) is 0 Å². The van der Waals surface area contributed by atoms with Gasteiger partial charge in [0.05, 0.1) is 13.2 Å². The minimum absolute atomic E-state index is 0.352. The molecule has 0 bridgehead atoms. The lowest BCUT2D eigenvalue weighted by molar-refractivity contribution is -0.0441. The molecule has 0 amide bonds. The van der Waals surface area contributed by atoms with Crippen molar-refractivity contribution in [2.45, 2.75) is 6.29 Å². The molecule has 108 valence electrons. The van der Waals surface area contributed by atoms with Crippen LogP contribution in [0.4, 0.5) is 0 Å². The Hall–Kier alpha value is -1.88. The van der Waals surface area contributed by atoms with Gasteiger partial charge in [0, 0.05) is 21.7 Å². The number of hydrogen-bond acceptors (Lipinski definition) is 4. The number of benzene rings is 2. The zero-order valence-electron chi connectivity index (χ0n) is 11.2. The Morgan fingerprint density at radius 2 is 1.76 bits per heavy atom. The van der Waals surface area contributed by atoms with Crippen LogP contribution >= 0.6 is 11.6 Å². The Kier molecular flexibility index (Phi) is 4.20. The van der Waals surface area contributed by atoms with E-state index in [1.165, 1.54) is 0 Å². The predicted molar refractivity (Wildman–Crippen MR) is 80.0 cm³/mol. The van der Waals surface area contributed by atoms with Gasteiger partial charge in [0.1, 0.15) is 5.71 Å². The largest absolute Gasteiger partial charge is 0.410 e. The van der Waals surface area contributed by atoms with Crippen molar-refractivity contribution in [3.05, 3.63) is 70.2 Å². The van der Waals surface area contributed by atoms with Crippen LogP contribution < -0.4 is 0 Å². The van der Waals surface area contributed by atoms with Crippen molar-refractivity contribution in [3.8, 4) is 0 Å². The van der Waals surface area contributed by atoms with Crippen LogP contribution in [0.3, 0.4) is 0 Å². The van der Waals surface area contributed by atoms with E-state index < -0.39 is 0 Å². The number of halogens is 1. The van der Waals surface area contributed by atoms with Crippen molar-refractivity contribution in [1.82, 2.24) is 0 Å². The minimum Gasteiger partial charge on any atom is -0.410 e. The van der Waals surface area contributed by atoms with Gasteiger partial charge in [-0.05, 0) is 18.2 Å². The lowest BCUT2D eigenvalue weighted by Crippen LogP contribution is -2.06. The molecule has 5 heteroatoms. The van der Waals surface area contributed by atoms with E-state index in [2.05, 4.69) is 5.16 Å². The number of rotatable bonds is 3. The van der Waals surface area contributed by atoms with E-state index in [1.807, 2.05) is 36.4 Å². The Bertz CT molecular complexity index is 649. The molecule has 0 atom stereocenters. The molecule has 0 unspecified atom stereocenters. The maximum Gasteiger partial charge on any atom is 0.184 e.